The predicted octanol–water partition coefficient (Wildman–Crippen LogP) is 2.96. The highest BCUT2D eigenvalue weighted by Crippen LogP contribution is 2.46. The minimum absolute atomic E-state index is 0.0374. The van der Waals surface area contributed by atoms with Crippen LogP contribution >= 0.6 is 0 Å². The van der Waals surface area contributed by atoms with E-state index in [1.807, 2.05) is 18.0 Å². The Morgan fingerprint density at radius 1 is 1.24 bits per heavy atom. The molecule has 3 atom stereocenters. The zero-order valence-electron chi connectivity index (χ0n) is 16.7. The average molecular weight is 391 g/mol. The predicted molar refractivity (Wildman–Crippen MR) is 107 cm³/mol. The molecule has 5 rings (SSSR count). The molecule has 4 heterocycles. The number of hydrogen-bond donors (Lipinski definition) is 1. The molecule has 1 aromatic carbocycles. The monoisotopic (exact) mass is 391 g/mol. The summed E-state index contributed by atoms with van der Waals surface area (Å²) in [6.07, 6.45) is 3.61. The van der Waals surface area contributed by atoms with Gasteiger partial charge in [0.05, 0.1) is 12.4 Å². The minimum Gasteiger partial charge on any atom is -0.361 e. The molecule has 2 aliphatic rings. The Morgan fingerprint density at radius 2 is 2.10 bits per heavy atom. The van der Waals surface area contributed by atoms with Crippen molar-refractivity contribution >= 4 is 5.91 Å². The number of fused-ring (bicyclic) bond motifs is 1. The summed E-state index contributed by atoms with van der Waals surface area (Å²) in [5.41, 5.74) is 3.98. The maximum Gasteiger partial charge on any atom is 0.276 e. The average Bonchev–Trinajstić information content (AvgIpc) is 3.47. The van der Waals surface area contributed by atoms with E-state index in [4.69, 9.17) is 4.52 Å². The molecule has 1 N–H and O–H groups in total. The number of H-pyrrole nitrogens is 1. The molecule has 150 valence electrons. The van der Waals surface area contributed by atoms with Gasteiger partial charge >= 0.3 is 0 Å². The molecule has 29 heavy (non-hydrogen) atoms. The molecule has 2 fully saturated rings. The molecular formula is C22H25N5O2. The van der Waals surface area contributed by atoms with Crippen LogP contribution in [0.1, 0.15) is 39.1 Å². The number of nitrogens with one attached hydrogen (secondary N) is 1. The van der Waals surface area contributed by atoms with Crippen molar-refractivity contribution in [3.63, 3.8) is 0 Å². The Kier molecular flexibility index (Phi) is 4.47. The van der Waals surface area contributed by atoms with Gasteiger partial charge in [-0.15, -0.1) is 0 Å². The summed E-state index contributed by atoms with van der Waals surface area (Å²) < 4.78 is 5.16. The van der Waals surface area contributed by atoms with Gasteiger partial charge < -0.3 is 14.4 Å². The minimum atomic E-state index is -0.0374. The number of amides is 1. The first kappa shape index (κ1) is 18.1. The third-order valence-electron chi connectivity index (χ3n) is 6.30. The number of aryl methyl sites for hydroxylation is 2. The van der Waals surface area contributed by atoms with Crippen LogP contribution in [0.4, 0.5) is 0 Å². The van der Waals surface area contributed by atoms with Crippen molar-refractivity contribution in [1.82, 2.24) is 24.9 Å². The van der Waals surface area contributed by atoms with Crippen LogP contribution in [0.25, 0.3) is 0 Å². The summed E-state index contributed by atoms with van der Waals surface area (Å²) in [4.78, 5) is 25.1. The molecule has 1 amide bonds. The Balaban J connectivity index is 1.45. The number of carbonyl (C=O) groups is 1. The smallest absolute Gasteiger partial charge is 0.276 e. The zero-order chi connectivity index (χ0) is 20.0. The van der Waals surface area contributed by atoms with Gasteiger partial charge in [0.25, 0.3) is 5.91 Å². The quantitative estimate of drug-likeness (QED) is 0.740. The van der Waals surface area contributed by atoms with E-state index >= 15 is 0 Å². The van der Waals surface area contributed by atoms with Crippen molar-refractivity contribution in [3.05, 3.63) is 71.1 Å². The Bertz CT molecular complexity index is 1010. The second-order valence-electron chi connectivity index (χ2n) is 8.28. The third-order valence-corrected chi connectivity index (χ3v) is 6.30. The van der Waals surface area contributed by atoms with E-state index in [1.54, 1.807) is 12.4 Å². The summed E-state index contributed by atoms with van der Waals surface area (Å²) in [7, 11) is 0. The van der Waals surface area contributed by atoms with Crippen molar-refractivity contribution in [2.75, 3.05) is 19.6 Å². The lowest BCUT2D eigenvalue weighted by atomic mass is 9.87. The van der Waals surface area contributed by atoms with Crippen LogP contribution in [0.3, 0.4) is 0 Å². The van der Waals surface area contributed by atoms with Gasteiger partial charge in [0.2, 0.25) is 0 Å². The Hall–Kier alpha value is -2.93. The molecule has 0 radical (unpaired) electrons. The fourth-order valence-corrected chi connectivity index (χ4v) is 5.02. The lowest BCUT2D eigenvalue weighted by molar-refractivity contribution is 0.0688. The summed E-state index contributed by atoms with van der Waals surface area (Å²) in [5, 5.41) is 3.98. The van der Waals surface area contributed by atoms with E-state index in [0.29, 0.717) is 23.3 Å². The normalized spacial score (nSPS) is 24.2. The van der Waals surface area contributed by atoms with E-state index in [0.717, 1.165) is 31.9 Å². The van der Waals surface area contributed by atoms with Crippen LogP contribution in [0.2, 0.25) is 0 Å². The van der Waals surface area contributed by atoms with E-state index in [-0.39, 0.29) is 11.9 Å². The van der Waals surface area contributed by atoms with Crippen molar-refractivity contribution in [3.8, 4) is 0 Å². The summed E-state index contributed by atoms with van der Waals surface area (Å²) in [6, 6.07) is 10.2. The van der Waals surface area contributed by atoms with Gasteiger partial charge in [0.15, 0.2) is 5.69 Å². The van der Waals surface area contributed by atoms with Gasteiger partial charge in [-0.05, 0) is 30.9 Å². The highest BCUT2D eigenvalue weighted by molar-refractivity contribution is 5.93. The molecule has 0 saturated carbocycles. The van der Waals surface area contributed by atoms with Crippen LogP contribution < -0.4 is 0 Å². The first-order valence-electron chi connectivity index (χ1n) is 10.1. The first-order valence-corrected chi connectivity index (χ1v) is 10.1. The number of imidazole rings is 1. The molecule has 0 unspecified atom stereocenters. The van der Waals surface area contributed by atoms with Gasteiger partial charge in [-0.3, -0.25) is 9.69 Å². The number of nitrogens with zero attached hydrogens (tertiary/aromatic N) is 4. The van der Waals surface area contributed by atoms with Crippen LogP contribution in [-0.2, 0) is 6.54 Å². The largest absolute Gasteiger partial charge is 0.361 e. The molecule has 7 nitrogen and oxygen atoms in total. The molecule has 2 saturated heterocycles. The highest BCUT2D eigenvalue weighted by atomic mass is 16.5. The first-order chi connectivity index (χ1) is 14.1. The number of benzene rings is 1. The van der Waals surface area contributed by atoms with Crippen LogP contribution in [-0.4, -0.2) is 50.5 Å². The van der Waals surface area contributed by atoms with E-state index in [1.165, 1.54) is 11.1 Å². The van der Waals surface area contributed by atoms with Crippen molar-refractivity contribution in [1.29, 1.82) is 0 Å². The fourth-order valence-electron chi connectivity index (χ4n) is 5.02. The molecule has 0 bridgehead atoms. The lowest BCUT2D eigenvalue weighted by Gasteiger charge is -2.30. The van der Waals surface area contributed by atoms with Crippen molar-refractivity contribution < 1.29 is 9.32 Å². The molecule has 2 aliphatic heterocycles. The highest BCUT2D eigenvalue weighted by Gasteiger charge is 2.49. The molecular weight excluding hydrogens is 366 g/mol. The maximum absolute atomic E-state index is 13.3. The van der Waals surface area contributed by atoms with Crippen molar-refractivity contribution in [2.45, 2.75) is 26.4 Å². The maximum atomic E-state index is 13.3. The number of likely N-dealkylation sites (tertiary alicyclic amines) is 2. The second kappa shape index (κ2) is 7.15. The number of carbonyl (C=O) groups excluding carboxylic acids is 1. The molecule has 0 spiro atoms. The Morgan fingerprint density at radius 3 is 2.83 bits per heavy atom. The Labute approximate surface area is 169 Å². The molecule has 2 aromatic heterocycles. The lowest BCUT2D eigenvalue weighted by Crippen LogP contribution is -2.36. The zero-order valence-corrected chi connectivity index (χ0v) is 16.7. The molecule has 3 aromatic rings. The fraction of sp³-hybridized carbons (Fsp3) is 0.409. The third kappa shape index (κ3) is 3.25. The standard InChI is InChI=1S/C22H25N5O2/c1-14-5-3-4-6-18(14)21-19-12-26(11-17-8-23-13-24-17)9-16(19)10-27(21)22(28)20-7-15(2)29-25-20/h3-8,13,16,19,21H,9-12H2,1-2H3,(H,23,24)/t16-,19-,21-/m0/s1. The van der Waals surface area contributed by atoms with Gasteiger partial charge in [-0.2, -0.15) is 0 Å². The SMILES string of the molecule is Cc1cc(C(=O)N2C[C@@H]3CN(Cc4cnc[nH]4)C[C@@H]3[C@@H]2c2ccccc2C)no1. The van der Waals surface area contributed by atoms with E-state index < -0.39 is 0 Å². The number of hydrogen-bond acceptors (Lipinski definition) is 5. The van der Waals surface area contributed by atoms with Gasteiger partial charge in [-0.1, -0.05) is 29.4 Å². The van der Waals surface area contributed by atoms with Gasteiger partial charge in [0.1, 0.15) is 5.76 Å². The second-order valence-corrected chi connectivity index (χ2v) is 8.28. The van der Waals surface area contributed by atoms with Crippen LogP contribution in [0, 0.1) is 25.7 Å². The molecule has 7 heteroatoms. The summed E-state index contributed by atoms with van der Waals surface area (Å²) >= 11 is 0. The van der Waals surface area contributed by atoms with Gasteiger partial charge in [-0.25, -0.2) is 4.98 Å². The van der Waals surface area contributed by atoms with Crippen LogP contribution in [0.5, 0.6) is 0 Å². The number of aromatic nitrogens is 3. The van der Waals surface area contributed by atoms with Crippen LogP contribution in [0.15, 0.2) is 47.4 Å². The van der Waals surface area contributed by atoms with Gasteiger partial charge in [0, 0.05) is 50.1 Å². The number of aromatic amines is 1. The van der Waals surface area contributed by atoms with E-state index in [2.05, 4.69) is 51.2 Å². The summed E-state index contributed by atoms with van der Waals surface area (Å²) in [5.74, 6) is 1.46. The van der Waals surface area contributed by atoms with E-state index in [9.17, 15) is 4.79 Å². The topological polar surface area (TPSA) is 78.3 Å². The van der Waals surface area contributed by atoms with Crippen molar-refractivity contribution in [2.24, 2.45) is 11.8 Å². The molecule has 0 aliphatic carbocycles. The number of rotatable bonds is 4. The summed E-state index contributed by atoms with van der Waals surface area (Å²) in [6.45, 7) is 7.49.